The predicted molar refractivity (Wildman–Crippen MR) is 102 cm³/mol. The second-order valence-electron chi connectivity index (χ2n) is 7.71. The van der Waals surface area contributed by atoms with Crippen molar-refractivity contribution in [1.29, 1.82) is 0 Å². The van der Waals surface area contributed by atoms with Gasteiger partial charge in [0.2, 0.25) is 5.91 Å². The molecule has 0 unspecified atom stereocenters. The van der Waals surface area contributed by atoms with Gasteiger partial charge in [-0.25, -0.2) is 0 Å². The molecule has 0 bridgehead atoms. The number of nitrogens with zero attached hydrogens (tertiary/aromatic N) is 1. The van der Waals surface area contributed by atoms with Crippen LogP contribution in [0, 0.1) is 5.92 Å². The summed E-state index contributed by atoms with van der Waals surface area (Å²) in [6.07, 6.45) is 3.75. The summed E-state index contributed by atoms with van der Waals surface area (Å²) in [4.78, 5) is 14.9. The topological polar surface area (TPSA) is 41.6 Å². The van der Waals surface area contributed by atoms with Crippen molar-refractivity contribution in [2.75, 3.05) is 19.7 Å². The van der Waals surface area contributed by atoms with Crippen LogP contribution in [0.25, 0.3) is 0 Å². The molecular weight excluding hydrogens is 312 g/mol. The van der Waals surface area contributed by atoms with Gasteiger partial charge in [0.05, 0.1) is 18.7 Å². The first-order valence-corrected chi connectivity index (χ1v) is 9.67. The van der Waals surface area contributed by atoms with Crippen LogP contribution in [0.1, 0.15) is 58.6 Å². The fraction of sp³-hybridized carbons (Fsp3) is 0.667. The highest BCUT2D eigenvalue weighted by molar-refractivity contribution is 5.78. The summed E-state index contributed by atoms with van der Waals surface area (Å²) in [6, 6.07) is 10.6. The number of ether oxygens (including phenoxy) is 1. The summed E-state index contributed by atoms with van der Waals surface area (Å²) >= 11 is 0. The SMILES string of the molecule is CC(C)[C@H](NC(=O)CN(C[C@@H]1CCCCO1)C(C)C)c1ccccc1. The summed E-state index contributed by atoms with van der Waals surface area (Å²) in [6.45, 7) is 10.7. The Morgan fingerprint density at radius 3 is 2.48 bits per heavy atom. The number of benzene rings is 1. The average molecular weight is 347 g/mol. The zero-order valence-electron chi connectivity index (χ0n) is 16.2. The van der Waals surface area contributed by atoms with E-state index in [1.165, 1.54) is 6.42 Å². The van der Waals surface area contributed by atoms with Crippen LogP contribution in [0.3, 0.4) is 0 Å². The van der Waals surface area contributed by atoms with Gasteiger partial charge in [-0.3, -0.25) is 9.69 Å². The largest absolute Gasteiger partial charge is 0.377 e. The number of rotatable bonds is 8. The molecule has 1 heterocycles. The Balaban J connectivity index is 1.94. The molecule has 2 atom stereocenters. The number of carbonyl (C=O) groups is 1. The third kappa shape index (κ3) is 6.44. The van der Waals surface area contributed by atoms with Crippen molar-refractivity contribution >= 4 is 5.91 Å². The van der Waals surface area contributed by atoms with Gasteiger partial charge in [-0.1, -0.05) is 44.2 Å². The molecular formula is C21H34N2O2. The van der Waals surface area contributed by atoms with Gasteiger partial charge in [0.1, 0.15) is 0 Å². The zero-order valence-corrected chi connectivity index (χ0v) is 16.2. The van der Waals surface area contributed by atoms with E-state index in [1.807, 2.05) is 18.2 Å². The van der Waals surface area contributed by atoms with E-state index in [9.17, 15) is 4.79 Å². The smallest absolute Gasteiger partial charge is 0.234 e. The van der Waals surface area contributed by atoms with Crippen molar-refractivity contribution in [3.8, 4) is 0 Å². The molecule has 1 amide bonds. The number of nitrogens with one attached hydrogen (secondary N) is 1. The summed E-state index contributed by atoms with van der Waals surface area (Å²) < 4.78 is 5.86. The van der Waals surface area contributed by atoms with Gasteiger partial charge in [-0.2, -0.15) is 0 Å². The minimum absolute atomic E-state index is 0.0497. The van der Waals surface area contributed by atoms with Crippen LogP contribution in [0.15, 0.2) is 30.3 Å². The average Bonchev–Trinajstić information content (AvgIpc) is 2.60. The third-order valence-electron chi connectivity index (χ3n) is 4.93. The molecule has 0 spiro atoms. The Morgan fingerprint density at radius 1 is 1.20 bits per heavy atom. The molecule has 1 aliphatic rings. The van der Waals surface area contributed by atoms with E-state index in [0.717, 1.165) is 31.6 Å². The van der Waals surface area contributed by atoms with Gasteiger partial charge < -0.3 is 10.1 Å². The van der Waals surface area contributed by atoms with E-state index in [2.05, 4.69) is 50.0 Å². The third-order valence-corrected chi connectivity index (χ3v) is 4.93. The van der Waals surface area contributed by atoms with Crippen molar-refractivity contribution in [2.24, 2.45) is 5.92 Å². The van der Waals surface area contributed by atoms with E-state index in [1.54, 1.807) is 0 Å². The molecule has 0 saturated carbocycles. The van der Waals surface area contributed by atoms with Crippen molar-refractivity contribution in [2.45, 2.75) is 65.1 Å². The highest BCUT2D eigenvalue weighted by Crippen LogP contribution is 2.21. The van der Waals surface area contributed by atoms with Crippen LogP contribution in [0.2, 0.25) is 0 Å². The van der Waals surface area contributed by atoms with E-state index in [-0.39, 0.29) is 18.1 Å². The summed E-state index contributed by atoms with van der Waals surface area (Å²) in [5, 5.41) is 3.23. The van der Waals surface area contributed by atoms with E-state index in [0.29, 0.717) is 18.5 Å². The maximum absolute atomic E-state index is 12.7. The molecule has 0 aliphatic carbocycles. The van der Waals surface area contributed by atoms with Gasteiger partial charge in [0.15, 0.2) is 0 Å². The van der Waals surface area contributed by atoms with Crippen LogP contribution in [-0.2, 0) is 9.53 Å². The van der Waals surface area contributed by atoms with E-state index < -0.39 is 0 Å². The van der Waals surface area contributed by atoms with Gasteiger partial charge in [-0.05, 0) is 44.6 Å². The number of amides is 1. The Hall–Kier alpha value is -1.39. The zero-order chi connectivity index (χ0) is 18.2. The normalized spacial score (nSPS) is 19.4. The molecule has 1 aliphatic heterocycles. The molecule has 1 aromatic rings. The van der Waals surface area contributed by atoms with Crippen LogP contribution in [-0.4, -0.2) is 42.6 Å². The first-order valence-electron chi connectivity index (χ1n) is 9.67. The van der Waals surface area contributed by atoms with Crippen LogP contribution < -0.4 is 5.32 Å². The van der Waals surface area contributed by atoms with Crippen molar-refractivity contribution < 1.29 is 9.53 Å². The van der Waals surface area contributed by atoms with Crippen LogP contribution >= 0.6 is 0 Å². The highest BCUT2D eigenvalue weighted by atomic mass is 16.5. The molecule has 1 aromatic carbocycles. The number of hydrogen-bond donors (Lipinski definition) is 1. The summed E-state index contributed by atoms with van der Waals surface area (Å²) in [7, 11) is 0. The van der Waals surface area contributed by atoms with Gasteiger partial charge in [-0.15, -0.1) is 0 Å². The Labute approximate surface area is 152 Å². The van der Waals surface area contributed by atoms with E-state index in [4.69, 9.17) is 4.74 Å². The second kappa shape index (κ2) is 9.93. The van der Waals surface area contributed by atoms with Gasteiger partial charge in [0.25, 0.3) is 0 Å². The van der Waals surface area contributed by atoms with Crippen molar-refractivity contribution in [3.05, 3.63) is 35.9 Å². The lowest BCUT2D eigenvalue weighted by Gasteiger charge is -2.33. The Bertz CT molecular complexity index is 510. The molecule has 4 heteroatoms. The summed E-state index contributed by atoms with van der Waals surface area (Å²) in [5.74, 6) is 0.438. The molecule has 0 aromatic heterocycles. The quantitative estimate of drug-likeness (QED) is 0.779. The maximum atomic E-state index is 12.7. The second-order valence-corrected chi connectivity index (χ2v) is 7.71. The van der Waals surface area contributed by atoms with E-state index >= 15 is 0 Å². The van der Waals surface area contributed by atoms with Crippen LogP contribution in [0.5, 0.6) is 0 Å². The number of hydrogen-bond acceptors (Lipinski definition) is 3. The summed E-state index contributed by atoms with van der Waals surface area (Å²) in [5.41, 5.74) is 1.16. The first-order chi connectivity index (χ1) is 12.0. The molecule has 0 radical (unpaired) electrons. The molecule has 4 nitrogen and oxygen atoms in total. The maximum Gasteiger partial charge on any atom is 0.234 e. The first kappa shape index (κ1) is 19.9. The van der Waals surface area contributed by atoms with Crippen LogP contribution in [0.4, 0.5) is 0 Å². The lowest BCUT2D eigenvalue weighted by Crippen LogP contribution is -2.46. The van der Waals surface area contributed by atoms with Gasteiger partial charge >= 0.3 is 0 Å². The molecule has 1 N–H and O–H groups in total. The van der Waals surface area contributed by atoms with Crippen molar-refractivity contribution in [3.63, 3.8) is 0 Å². The molecule has 140 valence electrons. The van der Waals surface area contributed by atoms with Crippen molar-refractivity contribution in [1.82, 2.24) is 10.2 Å². The molecule has 25 heavy (non-hydrogen) atoms. The highest BCUT2D eigenvalue weighted by Gasteiger charge is 2.23. The Morgan fingerprint density at radius 2 is 1.92 bits per heavy atom. The fourth-order valence-corrected chi connectivity index (χ4v) is 3.37. The minimum atomic E-state index is 0.0497. The lowest BCUT2D eigenvalue weighted by molar-refractivity contribution is -0.124. The molecule has 1 saturated heterocycles. The minimum Gasteiger partial charge on any atom is -0.377 e. The Kier molecular flexibility index (Phi) is 7.91. The predicted octanol–water partition coefficient (Wildman–Crippen LogP) is 3.78. The molecule has 2 rings (SSSR count). The lowest BCUT2D eigenvalue weighted by atomic mass is 9.96. The fourth-order valence-electron chi connectivity index (χ4n) is 3.37. The van der Waals surface area contributed by atoms with Gasteiger partial charge in [0, 0.05) is 19.2 Å². The number of carbonyl (C=O) groups excluding carboxylic acids is 1. The standard InChI is InChI=1S/C21H34N2O2/c1-16(2)21(18-10-6-5-7-11-18)22-20(24)15-23(17(3)4)14-19-12-8-9-13-25-19/h5-7,10-11,16-17,19,21H,8-9,12-15H2,1-4H3,(H,22,24)/t19-,21-/m0/s1. The molecule has 1 fully saturated rings. The monoisotopic (exact) mass is 346 g/mol.